The zero-order chi connectivity index (χ0) is 13.9. The number of nitrogens with one attached hydrogen (secondary N) is 2. The SMILES string of the molecule is O=C(Cc1cccc(F)c1)Nc1nc2ccccc2[nH]1. The summed E-state index contributed by atoms with van der Waals surface area (Å²) < 4.78 is 13.0. The lowest BCUT2D eigenvalue weighted by Gasteiger charge is -2.02. The molecule has 5 heteroatoms. The Morgan fingerprint density at radius 1 is 1.20 bits per heavy atom. The molecule has 3 rings (SSSR count). The minimum absolute atomic E-state index is 0.106. The van der Waals surface area contributed by atoms with Crippen LogP contribution in [0.2, 0.25) is 0 Å². The molecule has 3 aromatic rings. The van der Waals surface area contributed by atoms with Crippen LogP contribution in [0.1, 0.15) is 5.56 Å². The number of hydrogen-bond acceptors (Lipinski definition) is 2. The van der Waals surface area contributed by atoms with E-state index in [4.69, 9.17) is 0 Å². The highest BCUT2D eigenvalue weighted by Crippen LogP contribution is 2.13. The minimum atomic E-state index is -0.348. The summed E-state index contributed by atoms with van der Waals surface area (Å²) in [5, 5.41) is 2.67. The van der Waals surface area contributed by atoms with Gasteiger partial charge in [-0.2, -0.15) is 0 Å². The number of halogens is 1. The Balaban J connectivity index is 1.72. The van der Waals surface area contributed by atoms with E-state index in [1.165, 1.54) is 12.1 Å². The van der Waals surface area contributed by atoms with Crippen molar-refractivity contribution < 1.29 is 9.18 Å². The number of amides is 1. The van der Waals surface area contributed by atoms with Gasteiger partial charge in [0, 0.05) is 0 Å². The van der Waals surface area contributed by atoms with Crippen molar-refractivity contribution in [2.75, 3.05) is 5.32 Å². The number of carbonyl (C=O) groups excluding carboxylic acids is 1. The number of aromatic nitrogens is 2. The van der Waals surface area contributed by atoms with Gasteiger partial charge in [0.25, 0.3) is 0 Å². The highest BCUT2D eigenvalue weighted by Gasteiger charge is 2.08. The topological polar surface area (TPSA) is 57.8 Å². The smallest absolute Gasteiger partial charge is 0.231 e. The van der Waals surface area contributed by atoms with Crippen molar-refractivity contribution >= 4 is 22.9 Å². The molecule has 0 radical (unpaired) electrons. The number of imidazole rings is 1. The molecular formula is C15H12FN3O. The molecule has 1 aromatic heterocycles. The van der Waals surface area contributed by atoms with Crippen LogP contribution in [-0.2, 0) is 11.2 Å². The first-order chi connectivity index (χ1) is 9.70. The van der Waals surface area contributed by atoms with E-state index in [0.29, 0.717) is 11.5 Å². The zero-order valence-electron chi connectivity index (χ0n) is 10.6. The summed E-state index contributed by atoms with van der Waals surface area (Å²) in [6.07, 6.45) is 0.106. The molecule has 2 aromatic carbocycles. The number of H-pyrrole nitrogens is 1. The fourth-order valence-corrected chi connectivity index (χ4v) is 2.02. The quantitative estimate of drug-likeness (QED) is 0.768. The van der Waals surface area contributed by atoms with Crippen molar-refractivity contribution in [1.82, 2.24) is 9.97 Å². The van der Waals surface area contributed by atoms with Crippen LogP contribution in [0.3, 0.4) is 0 Å². The lowest BCUT2D eigenvalue weighted by molar-refractivity contribution is -0.115. The van der Waals surface area contributed by atoms with Crippen molar-refractivity contribution in [3.8, 4) is 0 Å². The second-order valence-electron chi connectivity index (χ2n) is 4.46. The van der Waals surface area contributed by atoms with Crippen LogP contribution in [0, 0.1) is 5.82 Å². The molecule has 100 valence electrons. The fraction of sp³-hybridized carbons (Fsp3) is 0.0667. The molecule has 0 aliphatic rings. The molecule has 4 nitrogen and oxygen atoms in total. The van der Waals surface area contributed by atoms with Crippen LogP contribution < -0.4 is 5.32 Å². The number of hydrogen-bond donors (Lipinski definition) is 2. The third-order valence-electron chi connectivity index (χ3n) is 2.90. The molecule has 0 aliphatic heterocycles. The highest BCUT2D eigenvalue weighted by molar-refractivity contribution is 5.92. The number of para-hydroxylation sites is 2. The number of benzene rings is 2. The van der Waals surface area contributed by atoms with Gasteiger partial charge < -0.3 is 4.98 Å². The summed E-state index contributed by atoms with van der Waals surface area (Å²) in [5.74, 6) is -0.193. The van der Waals surface area contributed by atoms with E-state index < -0.39 is 0 Å². The first-order valence-corrected chi connectivity index (χ1v) is 6.20. The van der Waals surface area contributed by atoms with Gasteiger partial charge in [-0.15, -0.1) is 0 Å². The van der Waals surface area contributed by atoms with Crippen molar-refractivity contribution in [1.29, 1.82) is 0 Å². The predicted molar refractivity (Wildman–Crippen MR) is 74.8 cm³/mol. The molecule has 0 saturated heterocycles. The third kappa shape index (κ3) is 2.66. The first-order valence-electron chi connectivity index (χ1n) is 6.20. The van der Waals surface area contributed by atoms with Crippen LogP contribution in [0.4, 0.5) is 10.3 Å². The molecule has 0 fully saturated rings. The van der Waals surface area contributed by atoms with Gasteiger partial charge in [-0.1, -0.05) is 24.3 Å². The summed E-state index contributed by atoms with van der Waals surface area (Å²) in [7, 11) is 0. The van der Waals surface area contributed by atoms with E-state index in [-0.39, 0.29) is 18.1 Å². The van der Waals surface area contributed by atoms with Crippen molar-refractivity contribution in [3.63, 3.8) is 0 Å². The van der Waals surface area contributed by atoms with Gasteiger partial charge >= 0.3 is 0 Å². The van der Waals surface area contributed by atoms with E-state index in [0.717, 1.165) is 11.0 Å². The number of anilines is 1. The largest absolute Gasteiger partial charge is 0.324 e. The average molecular weight is 269 g/mol. The Morgan fingerprint density at radius 2 is 2.05 bits per heavy atom. The Labute approximate surface area is 114 Å². The summed E-state index contributed by atoms with van der Waals surface area (Å²) in [6.45, 7) is 0. The molecule has 2 N–H and O–H groups in total. The van der Waals surface area contributed by atoms with Gasteiger partial charge in [0.1, 0.15) is 5.82 Å². The molecule has 20 heavy (non-hydrogen) atoms. The van der Waals surface area contributed by atoms with Crippen LogP contribution in [-0.4, -0.2) is 15.9 Å². The van der Waals surface area contributed by atoms with E-state index >= 15 is 0 Å². The minimum Gasteiger partial charge on any atom is -0.324 e. The second-order valence-corrected chi connectivity index (χ2v) is 4.46. The van der Waals surface area contributed by atoms with Crippen LogP contribution in [0.5, 0.6) is 0 Å². The van der Waals surface area contributed by atoms with Crippen LogP contribution in [0.15, 0.2) is 48.5 Å². The van der Waals surface area contributed by atoms with Crippen molar-refractivity contribution in [3.05, 3.63) is 59.9 Å². The van der Waals surface area contributed by atoms with Gasteiger partial charge in [0.2, 0.25) is 11.9 Å². The summed E-state index contributed by atoms with van der Waals surface area (Å²) >= 11 is 0. The molecule has 0 atom stereocenters. The standard InChI is InChI=1S/C15H12FN3O/c16-11-5-3-4-10(8-11)9-14(20)19-15-17-12-6-1-2-7-13(12)18-15/h1-8H,9H2,(H2,17,18,19,20). The summed E-state index contributed by atoms with van der Waals surface area (Å²) in [5.41, 5.74) is 2.26. The van der Waals surface area contributed by atoms with Crippen molar-refractivity contribution in [2.24, 2.45) is 0 Å². The second kappa shape index (κ2) is 5.13. The normalized spacial score (nSPS) is 10.7. The summed E-state index contributed by atoms with van der Waals surface area (Å²) in [4.78, 5) is 19.1. The molecular weight excluding hydrogens is 257 g/mol. The van der Waals surface area contributed by atoms with Crippen molar-refractivity contribution in [2.45, 2.75) is 6.42 Å². The molecule has 1 amide bonds. The summed E-state index contributed by atoms with van der Waals surface area (Å²) in [6, 6.07) is 13.5. The third-order valence-corrected chi connectivity index (χ3v) is 2.90. The average Bonchev–Trinajstić information content (AvgIpc) is 2.80. The first kappa shape index (κ1) is 12.3. The Hall–Kier alpha value is -2.69. The maximum Gasteiger partial charge on any atom is 0.231 e. The van der Waals surface area contributed by atoms with E-state index in [1.807, 2.05) is 24.3 Å². The number of carbonyl (C=O) groups is 1. The van der Waals surface area contributed by atoms with Gasteiger partial charge in [-0.3, -0.25) is 10.1 Å². The Kier molecular flexibility index (Phi) is 3.16. The molecule has 0 spiro atoms. The lowest BCUT2D eigenvalue weighted by Crippen LogP contribution is -2.15. The number of aromatic amines is 1. The molecule has 0 saturated carbocycles. The Morgan fingerprint density at radius 3 is 2.85 bits per heavy atom. The Bertz CT molecular complexity index is 733. The molecule has 1 heterocycles. The number of fused-ring (bicyclic) bond motifs is 1. The fourth-order valence-electron chi connectivity index (χ4n) is 2.02. The van der Waals surface area contributed by atoms with E-state index in [1.54, 1.807) is 12.1 Å². The maximum atomic E-state index is 13.0. The van der Waals surface area contributed by atoms with E-state index in [9.17, 15) is 9.18 Å². The van der Waals surface area contributed by atoms with Gasteiger partial charge in [0.15, 0.2) is 0 Å². The molecule has 0 unspecified atom stereocenters. The van der Waals surface area contributed by atoms with Crippen LogP contribution in [0.25, 0.3) is 11.0 Å². The number of rotatable bonds is 3. The molecule has 0 bridgehead atoms. The number of nitrogens with zero attached hydrogens (tertiary/aromatic N) is 1. The van der Waals surface area contributed by atoms with Gasteiger partial charge in [-0.05, 0) is 29.8 Å². The maximum absolute atomic E-state index is 13.0. The van der Waals surface area contributed by atoms with E-state index in [2.05, 4.69) is 15.3 Å². The van der Waals surface area contributed by atoms with Gasteiger partial charge in [-0.25, -0.2) is 9.37 Å². The highest BCUT2D eigenvalue weighted by atomic mass is 19.1. The zero-order valence-corrected chi connectivity index (χ0v) is 10.6. The predicted octanol–water partition coefficient (Wildman–Crippen LogP) is 2.88. The molecule has 0 aliphatic carbocycles. The monoisotopic (exact) mass is 269 g/mol. The van der Waals surface area contributed by atoms with Crippen LogP contribution >= 0.6 is 0 Å². The lowest BCUT2D eigenvalue weighted by atomic mass is 10.1. The van der Waals surface area contributed by atoms with Gasteiger partial charge in [0.05, 0.1) is 17.5 Å².